The summed E-state index contributed by atoms with van der Waals surface area (Å²) < 4.78 is 1.02. The third kappa shape index (κ3) is 2.22. The van der Waals surface area contributed by atoms with Crippen molar-refractivity contribution >= 4 is 44.3 Å². The highest BCUT2D eigenvalue weighted by atomic mass is 79.9. The summed E-state index contributed by atoms with van der Waals surface area (Å²) in [6.07, 6.45) is 0. The number of hydrogen-bond donors (Lipinski definition) is 2. The molecule has 0 fully saturated rings. The fourth-order valence-corrected chi connectivity index (χ4v) is 2.85. The van der Waals surface area contributed by atoms with Crippen molar-refractivity contribution in [3.63, 3.8) is 0 Å². The minimum atomic E-state index is 0.641. The van der Waals surface area contributed by atoms with Crippen LogP contribution < -0.4 is 5.73 Å². The van der Waals surface area contributed by atoms with Crippen LogP contribution in [-0.4, -0.2) is 9.97 Å². The molecule has 1 heterocycles. The molecule has 5 heteroatoms. The average Bonchev–Trinajstić information content (AvgIpc) is 2.76. The van der Waals surface area contributed by atoms with E-state index in [9.17, 15) is 0 Å². The van der Waals surface area contributed by atoms with Gasteiger partial charge in [0.1, 0.15) is 5.82 Å². The third-order valence-electron chi connectivity index (χ3n) is 3.01. The first-order chi connectivity index (χ1) is 9.04. The summed E-state index contributed by atoms with van der Waals surface area (Å²) >= 11 is 9.50. The molecule has 3 rings (SSSR count). The van der Waals surface area contributed by atoms with Gasteiger partial charge in [-0.3, -0.25) is 0 Å². The Morgan fingerprint density at radius 3 is 2.84 bits per heavy atom. The zero-order valence-electron chi connectivity index (χ0n) is 10.2. The van der Waals surface area contributed by atoms with Gasteiger partial charge in [0, 0.05) is 20.7 Å². The van der Waals surface area contributed by atoms with Gasteiger partial charge in [-0.05, 0) is 42.8 Å². The van der Waals surface area contributed by atoms with Crippen LogP contribution in [-0.2, 0) is 0 Å². The predicted molar refractivity (Wildman–Crippen MR) is 83.4 cm³/mol. The first kappa shape index (κ1) is 12.5. The molecule has 19 heavy (non-hydrogen) atoms. The number of nitrogens with one attached hydrogen (secondary N) is 1. The minimum Gasteiger partial charge on any atom is -0.398 e. The van der Waals surface area contributed by atoms with E-state index in [2.05, 4.69) is 25.9 Å². The molecule has 0 bridgehead atoms. The number of rotatable bonds is 1. The molecule has 0 aliphatic heterocycles. The van der Waals surface area contributed by atoms with Crippen LogP contribution in [0.15, 0.2) is 34.8 Å². The largest absolute Gasteiger partial charge is 0.398 e. The second-order valence-corrected chi connectivity index (χ2v) is 5.79. The fourth-order valence-electron chi connectivity index (χ4n) is 2.11. The topological polar surface area (TPSA) is 54.7 Å². The zero-order valence-corrected chi connectivity index (χ0v) is 12.5. The van der Waals surface area contributed by atoms with Crippen molar-refractivity contribution in [2.75, 3.05) is 5.73 Å². The highest BCUT2D eigenvalue weighted by Gasteiger charge is 2.11. The third-order valence-corrected chi connectivity index (χ3v) is 3.71. The maximum atomic E-state index is 6.02. The quantitative estimate of drug-likeness (QED) is 0.641. The Kier molecular flexibility index (Phi) is 2.99. The molecule has 0 unspecified atom stereocenters. The van der Waals surface area contributed by atoms with Crippen molar-refractivity contribution in [2.45, 2.75) is 6.92 Å². The number of hydrogen-bond acceptors (Lipinski definition) is 2. The Hall–Kier alpha value is -1.52. The highest BCUT2D eigenvalue weighted by molar-refractivity contribution is 9.10. The summed E-state index contributed by atoms with van der Waals surface area (Å²) in [5.41, 5.74) is 10.5. The molecule has 0 aliphatic carbocycles. The van der Waals surface area contributed by atoms with Gasteiger partial charge in [0.05, 0.1) is 11.0 Å². The Morgan fingerprint density at radius 2 is 2.05 bits per heavy atom. The van der Waals surface area contributed by atoms with E-state index in [1.807, 2.05) is 25.1 Å². The first-order valence-corrected chi connectivity index (χ1v) is 6.93. The molecule has 0 aliphatic rings. The van der Waals surface area contributed by atoms with Gasteiger partial charge in [-0.2, -0.15) is 0 Å². The summed E-state index contributed by atoms with van der Waals surface area (Å²) in [6, 6.07) is 9.41. The van der Waals surface area contributed by atoms with Crippen LogP contribution in [0.25, 0.3) is 22.4 Å². The molecular formula is C14H11BrClN3. The SMILES string of the molecule is Cc1cc(Br)cc2[nH]c(-c3cc(Cl)ccc3N)nc12. The van der Waals surface area contributed by atoms with E-state index >= 15 is 0 Å². The fraction of sp³-hybridized carbons (Fsp3) is 0.0714. The second-order valence-electron chi connectivity index (χ2n) is 4.44. The van der Waals surface area contributed by atoms with Crippen LogP contribution in [0.3, 0.4) is 0 Å². The van der Waals surface area contributed by atoms with Crippen molar-refractivity contribution in [2.24, 2.45) is 0 Å². The number of H-pyrrole nitrogens is 1. The Morgan fingerprint density at radius 1 is 1.26 bits per heavy atom. The number of aromatic nitrogens is 2. The average molecular weight is 337 g/mol. The maximum absolute atomic E-state index is 6.02. The molecule has 3 aromatic rings. The molecular weight excluding hydrogens is 326 g/mol. The van der Waals surface area contributed by atoms with Crippen LogP contribution in [0, 0.1) is 6.92 Å². The van der Waals surface area contributed by atoms with E-state index in [4.69, 9.17) is 17.3 Å². The lowest BCUT2D eigenvalue weighted by atomic mass is 10.2. The number of halogens is 2. The number of aryl methyl sites for hydroxylation is 1. The number of nitrogens with two attached hydrogens (primary N) is 1. The number of nitrogen functional groups attached to an aromatic ring is 1. The normalized spacial score (nSPS) is 11.1. The van der Waals surface area contributed by atoms with Gasteiger partial charge in [0.15, 0.2) is 0 Å². The summed E-state index contributed by atoms with van der Waals surface area (Å²) in [4.78, 5) is 7.89. The lowest BCUT2D eigenvalue weighted by Crippen LogP contribution is -1.90. The van der Waals surface area contributed by atoms with Crippen LogP contribution in [0.1, 0.15) is 5.56 Å². The summed E-state index contributed by atoms with van der Waals surface area (Å²) in [5.74, 6) is 0.733. The summed E-state index contributed by atoms with van der Waals surface area (Å²) in [6.45, 7) is 2.03. The number of nitrogens with zero attached hydrogens (tertiary/aromatic N) is 1. The number of anilines is 1. The number of benzene rings is 2. The molecule has 0 atom stereocenters. The Bertz CT molecular complexity index is 780. The van der Waals surface area contributed by atoms with E-state index in [1.165, 1.54) is 0 Å². The Labute approximate surface area is 123 Å². The zero-order chi connectivity index (χ0) is 13.6. The molecule has 3 nitrogen and oxygen atoms in total. The molecule has 0 saturated carbocycles. The predicted octanol–water partition coefficient (Wildman–Crippen LogP) is 4.54. The van der Waals surface area contributed by atoms with Gasteiger partial charge >= 0.3 is 0 Å². The minimum absolute atomic E-state index is 0.641. The van der Waals surface area contributed by atoms with Gasteiger partial charge in [-0.1, -0.05) is 27.5 Å². The molecule has 0 spiro atoms. The monoisotopic (exact) mass is 335 g/mol. The van der Waals surface area contributed by atoms with E-state index < -0.39 is 0 Å². The molecule has 0 radical (unpaired) electrons. The number of aromatic amines is 1. The second kappa shape index (κ2) is 4.54. The number of fused-ring (bicyclic) bond motifs is 1. The van der Waals surface area contributed by atoms with Crippen molar-refractivity contribution in [1.29, 1.82) is 0 Å². The maximum Gasteiger partial charge on any atom is 0.140 e. The first-order valence-electron chi connectivity index (χ1n) is 5.76. The van der Waals surface area contributed by atoms with Gasteiger partial charge in [-0.15, -0.1) is 0 Å². The number of imidazole rings is 1. The van der Waals surface area contributed by atoms with E-state index in [0.717, 1.165) is 32.5 Å². The molecule has 1 aromatic heterocycles. The van der Waals surface area contributed by atoms with Crippen LogP contribution >= 0.6 is 27.5 Å². The van der Waals surface area contributed by atoms with Crippen molar-refractivity contribution in [1.82, 2.24) is 9.97 Å². The van der Waals surface area contributed by atoms with Gasteiger partial charge in [0.2, 0.25) is 0 Å². The van der Waals surface area contributed by atoms with Gasteiger partial charge in [0.25, 0.3) is 0 Å². The lowest BCUT2D eigenvalue weighted by Gasteiger charge is -2.02. The van der Waals surface area contributed by atoms with E-state index in [1.54, 1.807) is 12.1 Å². The van der Waals surface area contributed by atoms with Crippen LogP contribution in [0.2, 0.25) is 5.02 Å². The van der Waals surface area contributed by atoms with Crippen LogP contribution in [0.5, 0.6) is 0 Å². The summed E-state index contributed by atoms with van der Waals surface area (Å²) in [7, 11) is 0. The van der Waals surface area contributed by atoms with E-state index in [0.29, 0.717) is 10.7 Å². The van der Waals surface area contributed by atoms with Gasteiger partial charge < -0.3 is 10.7 Å². The van der Waals surface area contributed by atoms with Gasteiger partial charge in [-0.25, -0.2) is 4.98 Å². The standard InChI is InChI=1S/C14H11BrClN3/c1-7-4-8(15)5-12-13(7)19-14(18-12)10-6-9(16)2-3-11(10)17/h2-6H,17H2,1H3,(H,18,19). The molecule has 0 amide bonds. The smallest absolute Gasteiger partial charge is 0.140 e. The molecule has 0 saturated heterocycles. The highest BCUT2D eigenvalue weighted by Crippen LogP contribution is 2.30. The van der Waals surface area contributed by atoms with Crippen molar-refractivity contribution in [3.8, 4) is 11.4 Å². The van der Waals surface area contributed by atoms with Crippen molar-refractivity contribution < 1.29 is 0 Å². The molecule has 2 aromatic carbocycles. The van der Waals surface area contributed by atoms with Crippen LogP contribution in [0.4, 0.5) is 5.69 Å². The molecule has 3 N–H and O–H groups in total. The van der Waals surface area contributed by atoms with E-state index in [-0.39, 0.29) is 0 Å². The lowest BCUT2D eigenvalue weighted by molar-refractivity contribution is 1.33. The summed E-state index contributed by atoms with van der Waals surface area (Å²) in [5, 5.41) is 0.641. The van der Waals surface area contributed by atoms with Crippen molar-refractivity contribution in [3.05, 3.63) is 45.4 Å². The Balaban J connectivity index is 2.26. The molecule has 96 valence electrons.